The van der Waals surface area contributed by atoms with Crippen LogP contribution in [0.3, 0.4) is 0 Å². The predicted molar refractivity (Wildman–Crippen MR) is 75.9 cm³/mol. The van der Waals surface area contributed by atoms with Crippen molar-refractivity contribution in [2.24, 2.45) is 16.7 Å². The average molecular weight is 314 g/mol. The molecule has 2 spiro atoms. The molecule has 22 heavy (non-hydrogen) atoms. The van der Waals surface area contributed by atoms with Crippen LogP contribution in [0.15, 0.2) is 0 Å². The van der Waals surface area contributed by atoms with Crippen LogP contribution >= 0.6 is 0 Å². The smallest absolute Gasteiger partial charge is 0.230 e. The summed E-state index contributed by atoms with van der Waals surface area (Å²) < 4.78 is 24.8. The van der Waals surface area contributed by atoms with Gasteiger partial charge in [-0.2, -0.15) is 0 Å². The second-order valence-electron chi connectivity index (χ2n) is 7.90. The lowest BCUT2D eigenvalue weighted by Gasteiger charge is -2.50. The molecule has 6 nitrogen and oxygen atoms in total. The minimum absolute atomic E-state index is 0.0783. The molecule has 0 aromatic heterocycles. The van der Waals surface area contributed by atoms with E-state index in [2.05, 4.69) is 20.8 Å². The number of aliphatic hydroxyl groups is 2. The van der Waals surface area contributed by atoms with Gasteiger partial charge in [0.05, 0.1) is 26.4 Å². The van der Waals surface area contributed by atoms with E-state index < -0.39 is 11.6 Å². The maximum atomic E-state index is 9.50. The zero-order chi connectivity index (χ0) is 15.8. The fourth-order valence-electron chi connectivity index (χ4n) is 5.42. The summed E-state index contributed by atoms with van der Waals surface area (Å²) in [6.07, 6.45) is 1.25. The molecule has 0 aromatic carbocycles. The summed E-state index contributed by atoms with van der Waals surface area (Å²) >= 11 is 0. The van der Waals surface area contributed by atoms with Crippen LogP contribution in [0, 0.1) is 16.7 Å². The summed E-state index contributed by atoms with van der Waals surface area (Å²) in [5.41, 5.74) is -0.347. The Bertz CT molecular complexity index is 481. The quantitative estimate of drug-likeness (QED) is 0.779. The van der Waals surface area contributed by atoms with Gasteiger partial charge >= 0.3 is 0 Å². The van der Waals surface area contributed by atoms with E-state index in [0.717, 1.165) is 12.8 Å². The topological polar surface area (TPSA) is 77.4 Å². The van der Waals surface area contributed by atoms with Gasteiger partial charge in [0.25, 0.3) is 0 Å². The van der Waals surface area contributed by atoms with Crippen LogP contribution in [0.2, 0.25) is 0 Å². The van der Waals surface area contributed by atoms with Crippen LogP contribution in [-0.4, -0.2) is 60.4 Å². The van der Waals surface area contributed by atoms with Crippen LogP contribution in [-0.2, 0) is 18.9 Å². The summed E-state index contributed by atoms with van der Waals surface area (Å²) in [5.74, 6) is -1.86. The van der Waals surface area contributed by atoms with Gasteiger partial charge in [0.2, 0.25) is 11.6 Å². The van der Waals surface area contributed by atoms with Gasteiger partial charge in [-0.1, -0.05) is 20.8 Å². The largest absolute Gasteiger partial charge is 0.394 e. The Morgan fingerprint density at radius 1 is 0.955 bits per heavy atom. The van der Waals surface area contributed by atoms with Crippen molar-refractivity contribution < 1.29 is 29.2 Å². The monoisotopic (exact) mass is 314 g/mol. The molecule has 0 radical (unpaired) electrons. The Morgan fingerprint density at radius 3 is 2.18 bits per heavy atom. The number of hydrogen-bond acceptors (Lipinski definition) is 6. The van der Waals surface area contributed by atoms with Crippen molar-refractivity contribution in [3.05, 3.63) is 0 Å². The van der Waals surface area contributed by atoms with Crippen molar-refractivity contribution >= 4 is 0 Å². The molecule has 2 bridgehead atoms. The number of aliphatic hydroxyl groups excluding tert-OH is 2. The molecule has 2 saturated carbocycles. The van der Waals surface area contributed by atoms with Gasteiger partial charge in [-0.15, -0.1) is 0 Å². The molecule has 4 fully saturated rings. The lowest BCUT2D eigenvalue weighted by Crippen LogP contribution is -2.63. The summed E-state index contributed by atoms with van der Waals surface area (Å²) in [4.78, 5) is 0. The third-order valence-electron chi connectivity index (χ3n) is 6.91. The SMILES string of the molecule is CC1(C)C2CCC1(C)C1(OCC(CO)O1)C21OCC(CO)O1. The van der Waals surface area contributed by atoms with Crippen molar-refractivity contribution in [3.63, 3.8) is 0 Å². The molecule has 2 N–H and O–H groups in total. The van der Waals surface area contributed by atoms with E-state index in [-0.39, 0.29) is 42.2 Å². The molecular weight excluding hydrogens is 288 g/mol. The molecule has 2 saturated heterocycles. The third kappa shape index (κ3) is 1.39. The van der Waals surface area contributed by atoms with Crippen LogP contribution in [0.4, 0.5) is 0 Å². The second-order valence-corrected chi connectivity index (χ2v) is 7.90. The zero-order valence-corrected chi connectivity index (χ0v) is 13.5. The van der Waals surface area contributed by atoms with Crippen molar-refractivity contribution in [3.8, 4) is 0 Å². The molecule has 126 valence electrons. The standard InChI is InChI=1S/C16H26O6/c1-13(2)12-4-5-14(13,3)16(20-9-11(7-18)22-16)15(12)19-8-10(6-17)21-15/h10-12,17-18H,4-9H2,1-3H3. The highest BCUT2D eigenvalue weighted by Gasteiger charge is 2.86. The molecule has 6 unspecified atom stereocenters. The first-order valence-electron chi connectivity index (χ1n) is 8.22. The molecule has 0 amide bonds. The van der Waals surface area contributed by atoms with Gasteiger partial charge in [0.15, 0.2) is 0 Å². The first kappa shape index (κ1) is 15.3. The van der Waals surface area contributed by atoms with E-state index in [1.807, 2.05) is 0 Å². The van der Waals surface area contributed by atoms with E-state index in [4.69, 9.17) is 18.9 Å². The van der Waals surface area contributed by atoms with Gasteiger partial charge in [0, 0.05) is 11.3 Å². The highest BCUT2D eigenvalue weighted by atomic mass is 16.8. The minimum Gasteiger partial charge on any atom is -0.394 e. The Hall–Kier alpha value is -0.240. The molecule has 2 aliphatic heterocycles. The summed E-state index contributed by atoms with van der Waals surface area (Å²) in [5, 5.41) is 19.0. The highest BCUT2D eigenvalue weighted by molar-refractivity contribution is 5.26. The molecule has 2 aliphatic carbocycles. The lowest BCUT2D eigenvalue weighted by atomic mass is 9.68. The molecule has 0 aromatic rings. The maximum absolute atomic E-state index is 9.50. The average Bonchev–Trinajstić information content (AvgIpc) is 3.17. The summed E-state index contributed by atoms with van der Waals surface area (Å²) in [6, 6.07) is 0. The predicted octanol–water partition coefficient (Wildman–Crippen LogP) is 0.650. The number of hydrogen-bond donors (Lipinski definition) is 2. The van der Waals surface area contributed by atoms with E-state index >= 15 is 0 Å². The Balaban J connectivity index is 1.83. The zero-order valence-electron chi connectivity index (χ0n) is 13.5. The van der Waals surface area contributed by atoms with Gasteiger partial charge in [-0.05, 0) is 18.3 Å². The maximum Gasteiger partial charge on any atom is 0.230 e. The van der Waals surface area contributed by atoms with E-state index in [1.165, 1.54) is 0 Å². The lowest BCUT2D eigenvalue weighted by molar-refractivity contribution is -0.389. The summed E-state index contributed by atoms with van der Waals surface area (Å²) in [7, 11) is 0. The Kier molecular flexibility index (Phi) is 3.08. The van der Waals surface area contributed by atoms with E-state index in [1.54, 1.807) is 0 Å². The van der Waals surface area contributed by atoms with E-state index in [9.17, 15) is 10.2 Å². The molecule has 4 rings (SSSR count). The third-order valence-corrected chi connectivity index (χ3v) is 6.91. The first-order chi connectivity index (χ1) is 10.4. The fraction of sp³-hybridized carbons (Fsp3) is 1.00. The van der Waals surface area contributed by atoms with Crippen LogP contribution in [0.25, 0.3) is 0 Å². The number of rotatable bonds is 2. The van der Waals surface area contributed by atoms with Crippen molar-refractivity contribution in [2.75, 3.05) is 26.4 Å². The molecular formula is C16H26O6. The Labute approximate surface area is 130 Å². The Morgan fingerprint density at radius 2 is 1.59 bits per heavy atom. The van der Waals surface area contributed by atoms with Gasteiger partial charge in [0.1, 0.15) is 12.2 Å². The van der Waals surface area contributed by atoms with Crippen molar-refractivity contribution in [2.45, 2.75) is 57.4 Å². The number of fused-ring (bicyclic) bond motifs is 5. The second kappa shape index (κ2) is 4.43. The normalized spacial score (nSPS) is 55.8. The molecule has 4 aliphatic rings. The molecule has 6 atom stereocenters. The van der Waals surface area contributed by atoms with Gasteiger partial charge < -0.3 is 29.2 Å². The van der Waals surface area contributed by atoms with E-state index in [0.29, 0.717) is 13.2 Å². The number of ether oxygens (including phenoxy) is 4. The summed E-state index contributed by atoms with van der Waals surface area (Å²) in [6.45, 7) is 7.15. The van der Waals surface area contributed by atoms with Crippen LogP contribution < -0.4 is 0 Å². The van der Waals surface area contributed by atoms with Gasteiger partial charge in [-0.25, -0.2) is 0 Å². The molecule has 6 heteroatoms. The van der Waals surface area contributed by atoms with Crippen molar-refractivity contribution in [1.29, 1.82) is 0 Å². The first-order valence-corrected chi connectivity index (χ1v) is 8.22. The molecule has 2 heterocycles. The van der Waals surface area contributed by atoms with Crippen molar-refractivity contribution in [1.82, 2.24) is 0 Å². The van der Waals surface area contributed by atoms with Gasteiger partial charge in [-0.3, -0.25) is 0 Å². The van der Waals surface area contributed by atoms with Crippen LogP contribution in [0.1, 0.15) is 33.6 Å². The minimum atomic E-state index is -1.01. The fourth-order valence-corrected chi connectivity index (χ4v) is 5.42. The van der Waals surface area contributed by atoms with Crippen LogP contribution in [0.5, 0.6) is 0 Å². The highest BCUT2D eigenvalue weighted by Crippen LogP contribution is 2.77.